The third kappa shape index (κ3) is 3.42. The first kappa shape index (κ1) is 22.8. The van der Waals surface area contributed by atoms with Crippen LogP contribution in [0.15, 0.2) is 122 Å². The van der Waals surface area contributed by atoms with Gasteiger partial charge in [-0.2, -0.15) is 0 Å². The number of benzene rings is 2. The molecule has 186 valence electrons. The zero-order chi connectivity index (χ0) is 25.1. The van der Waals surface area contributed by atoms with Crippen molar-refractivity contribution in [3.8, 4) is 22.8 Å². The maximum Gasteiger partial charge on any atom is 0.0963 e. The average Bonchev–Trinajstić information content (AvgIpc) is 3.51. The number of pyridine rings is 4. The van der Waals surface area contributed by atoms with Crippen LogP contribution in [-0.4, -0.2) is 29.1 Å². The summed E-state index contributed by atoms with van der Waals surface area (Å²) < 4.78 is 4.42. The Morgan fingerprint density at radius 3 is 1.28 bits per heavy atom. The molecular formula is C33H24N6. The van der Waals surface area contributed by atoms with Gasteiger partial charge in [0.15, 0.2) is 0 Å². The Labute approximate surface area is 224 Å². The lowest BCUT2D eigenvalue weighted by Crippen LogP contribution is -1.97. The maximum absolute atomic E-state index is 4.79. The quantitative estimate of drug-likeness (QED) is 0.247. The van der Waals surface area contributed by atoms with E-state index < -0.39 is 0 Å². The molecule has 2 aromatic carbocycles. The second-order valence-corrected chi connectivity index (χ2v) is 9.25. The van der Waals surface area contributed by atoms with Crippen LogP contribution in [0.5, 0.6) is 0 Å². The third-order valence-corrected chi connectivity index (χ3v) is 7.13. The van der Waals surface area contributed by atoms with E-state index >= 15 is 0 Å². The van der Waals surface area contributed by atoms with Gasteiger partial charge in [-0.1, -0.05) is 43.8 Å². The summed E-state index contributed by atoms with van der Waals surface area (Å²) in [4.78, 5) is 18.8. The molecular weight excluding hydrogens is 480 g/mol. The van der Waals surface area contributed by atoms with Gasteiger partial charge in [-0.25, -0.2) is 0 Å². The van der Waals surface area contributed by atoms with Crippen LogP contribution >= 0.6 is 0 Å². The predicted molar refractivity (Wildman–Crippen MR) is 158 cm³/mol. The van der Waals surface area contributed by atoms with Gasteiger partial charge in [0.2, 0.25) is 0 Å². The number of rotatable bonds is 3. The molecule has 0 atom stereocenters. The number of hydrogen-bond donors (Lipinski definition) is 0. The van der Waals surface area contributed by atoms with E-state index in [2.05, 4.69) is 79.8 Å². The number of aromatic nitrogens is 6. The van der Waals surface area contributed by atoms with Crippen LogP contribution < -0.4 is 0 Å². The Kier molecular flexibility index (Phi) is 5.20. The summed E-state index contributed by atoms with van der Waals surface area (Å²) in [6.45, 7) is 0. The molecule has 6 heterocycles. The Morgan fingerprint density at radius 1 is 0.410 bits per heavy atom. The molecule has 0 saturated carbocycles. The zero-order valence-electron chi connectivity index (χ0n) is 20.2. The van der Waals surface area contributed by atoms with E-state index in [4.69, 9.17) is 9.97 Å². The highest BCUT2D eigenvalue weighted by molar-refractivity contribution is 6.07. The first-order chi connectivity index (χ1) is 18.9. The largest absolute Gasteiger partial charge is 0.306 e. The van der Waals surface area contributed by atoms with Crippen molar-refractivity contribution >= 4 is 43.9 Å². The Bertz CT molecular complexity index is 1860. The maximum atomic E-state index is 4.79. The van der Waals surface area contributed by atoms with Crippen molar-refractivity contribution in [1.29, 1.82) is 0 Å². The van der Waals surface area contributed by atoms with Gasteiger partial charge >= 0.3 is 0 Å². The molecule has 0 spiro atoms. The van der Waals surface area contributed by atoms with E-state index in [9.17, 15) is 0 Å². The van der Waals surface area contributed by atoms with Crippen LogP contribution in [0.2, 0.25) is 0 Å². The summed E-state index contributed by atoms with van der Waals surface area (Å²) in [6.07, 6.45) is 7.49. The second kappa shape index (κ2) is 8.89. The molecule has 6 nitrogen and oxygen atoms in total. The summed E-state index contributed by atoms with van der Waals surface area (Å²) in [5.74, 6) is 0. The Hall–Kier alpha value is -5.36. The molecule has 0 aliphatic heterocycles. The molecule has 0 unspecified atom stereocenters. The monoisotopic (exact) mass is 504 g/mol. The minimum atomic E-state index is 0. The fourth-order valence-electron chi connectivity index (χ4n) is 5.46. The molecule has 6 heteroatoms. The average molecular weight is 505 g/mol. The van der Waals surface area contributed by atoms with Gasteiger partial charge in [0.1, 0.15) is 0 Å². The lowest BCUT2D eigenvalue weighted by molar-refractivity contribution is 1.12. The van der Waals surface area contributed by atoms with E-state index in [1.807, 2.05) is 61.2 Å². The van der Waals surface area contributed by atoms with E-state index in [0.717, 1.165) is 66.6 Å². The van der Waals surface area contributed by atoms with Crippen LogP contribution in [0.3, 0.4) is 0 Å². The summed E-state index contributed by atoms with van der Waals surface area (Å²) in [7, 11) is 0. The van der Waals surface area contributed by atoms with Gasteiger partial charge in [-0.15, -0.1) is 0 Å². The first-order valence-corrected chi connectivity index (χ1v) is 12.5. The first-order valence-electron chi connectivity index (χ1n) is 12.5. The van der Waals surface area contributed by atoms with Gasteiger partial charge in [0.25, 0.3) is 0 Å². The molecule has 8 rings (SSSR count). The third-order valence-electron chi connectivity index (χ3n) is 7.13. The second-order valence-electron chi connectivity index (χ2n) is 9.25. The van der Waals surface area contributed by atoms with Crippen molar-refractivity contribution in [2.24, 2.45) is 0 Å². The molecule has 0 saturated heterocycles. The van der Waals surface area contributed by atoms with Crippen LogP contribution in [0.4, 0.5) is 0 Å². The van der Waals surface area contributed by atoms with Crippen LogP contribution in [0.25, 0.3) is 66.6 Å². The van der Waals surface area contributed by atoms with Crippen molar-refractivity contribution in [2.75, 3.05) is 0 Å². The van der Waals surface area contributed by atoms with Crippen molar-refractivity contribution in [2.45, 2.75) is 7.43 Å². The Morgan fingerprint density at radius 2 is 0.846 bits per heavy atom. The lowest BCUT2D eigenvalue weighted by atomic mass is 10.2. The molecule has 0 aliphatic carbocycles. The van der Waals surface area contributed by atoms with Crippen LogP contribution in [0.1, 0.15) is 7.43 Å². The van der Waals surface area contributed by atoms with Gasteiger partial charge in [0, 0.05) is 23.2 Å². The molecule has 0 radical (unpaired) electrons. The fraction of sp³-hybridized carbons (Fsp3) is 0.0303. The van der Waals surface area contributed by atoms with Gasteiger partial charge < -0.3 is 9.13 Å². The van der Waals surface area contributed by atoms with Gasteiger partial charge in [-0.05, 0) is 60.7 Å². The van der Waals surface area contributed by atoms with Crippen LogP contribution in [0, 0.1) is 0 Å². The SMILES string of the molecule is C.c1ccc2c(c1)c1ncccc1n2-c1ccc(-c2ccc(-n3c4ccccc4c4ncccc43)cn2)nc1. The Balaban J connectivity index is 0.00000253. The summed E-state index contributed by atoms with van der Waals surface area (Å²) in [5, 5.41) is 2.26. The normalized spacial score (nSPS) is 11.4. The van der Waals surface area contributed by atoms with Crippen molar-refractivity contribution in [3.05, 3.63) is 122 Å². The number of hydrogen-bond acceptors (Lipinski definition) is 4. The summed E-state index contributed by atoms with van der Waals surface area (Å²) in [5.41, 5.74) is 9.95. The number of fused-ring (bicyclic) bond motifs is 6. The van der Waals surface area contributed by atoms with Crippen molar-refractivity contribution < 1.29 is 0 Å². The number of para-hydroxylation sites is 2. The lowest BCUT2D eigenvalue weighted by Gasteiger charge is -2.10. The van der Waals surface area contributed by atoms with E-state index in [0.29, 0.717) is 0 Å². The molecule has 0 fully saturated rings. The fourth-order valence-corrected chi connectivity index (χ4v) is 5.46. The topological polar surface area (TPSA) is 61.4 Å². The standard InChI is InChI=1S/C32H20N6.CH4/c1-3-9-27-23(7-1)31-29(11-5-17-33-31)37(27)21-13-15-25(35-19-21)26-16-14-22(20-36-26)38-28-10-4-2-8-24(28)32-30(38)12-6-18-34-32;/h1-20H;1H4. The minimum Gasteiger partial charge on any atom is -0.306 e. The zero-order valence-corrected chi connectivity index (χ0v) is 20.2. The smallest absolute Gasteiger partial charge is 0.0963 e. The molecule has 6 aromatic heterocycles. The van der Waals surface area contributed by atoms with E-state index in [1.54, 1.807) is 0 Å². The highest BCUT2D eigenvalue weighted by Gasteiger charge is 2.15. The molecule has 39 heavy (non-hydrogen) atoms. The molecule has 0 N–H and O–H groups in total. The predicted octanol–water partition coefficient (Wildman–Crippen LogP) is 7.76. The highest BCUT2D eigenvalue weighted by Crippen LogP contribution is 2.32. The van der Waals surface area contributed by atoms with E-state index in [-0.39, 0.29) is 7.43 Å². The molecule has 0 amide bonds. The molecule has 0 bridgehead atoms. The number of nitrogens with zero attached hydrogens (tertiary/aromatic N) is 6. The van der Waals surface area contributed by atoms with Gasteiger partial charge in [-0.3, -0.25) is 19.9 Å². The molecule has 8 aromatic rings. The summed E-state index contributed by atoms with van der Waals surface area (Å²) in [6, 6.07) is 33.0. The minimum absolute atomic E-state index is 0. The van der Waals surface area contributed by atoms with E-state index in [1.165, 1.54) is 0 Å². The molecule has 0 aliphatic rings. The highest BCUT2D eigenvalue weighted by atomic mass is 15.0. The summed E-state index contributed by atoms with van der Waals surface area (Å²) >= 11 is 0. The van der Waals surface area contributed by atoms with Crippen molar-refractivity contribution in [1.82, 2.24) is 29.1 Å². The van der Waals surface area contributed by atoms with Crippen LogP contribution in [-0.2, 0) is 0 Å². The van der Waals surface area contributed by atoms with Crippen molar-refractivity contribution in [3.63, 3.8) is 0 Å². The van der Waals surface area contributed by atoms with Gasteiger partial charge in [0.05, 0.1) is 68.3 Å².